The molecule has 1 amide bonds. The van der Waals surface area contributed by atoms with Crippen molar-refractivity contribution in [2.24, 2.45) is 0 Å². The zero-order valence-corrected chi connectivity index (χ0v) is 15.4. The number of nitrogens with one attached hydrogen (secondary N) is 2. The number of H-pyrrole nitrogens is 1. The average molecular weight is 358 g/mol. The lowest BCUT2D eigenvalue weighted by molar-refractivity contribution is 0.0904. The number of amides is 1. The quantitative estimate of drug-likeness (QED) is 0.799. The van der Waals surface area contributed by atoms with E-state index in [0.717, 1.165) is 43.7 Å². The molecule has 1 aliphatic rings. The fourth-order valence-electron chi connectivity index (χ4n) is 3.36. The van der Waals surface area contributed by atoms with Gasteiger partial charge in [0.2, 0.25) is 0 Å². The highest BCUT2D eigenvalue weighted by Gasteiger charge is 2.23. The molecule has 8 heteroatoms. The molecular weight excluding hydrogens is 332 g/mol. The van der Waals surface area contributed by atoms with Crippen LogP contribution in [0.1, 0.15) is 41.1 Å². The van der Waals surface area contributed by atoms with E-state index in [0.29, 0.717) is 18.8 Å². The van der Waals surface area contributed by atoms with Crippen molar-refractivity contribution in [1.82, 2.24) is 30.2 Å². The number of piperidine rings is 1. The van der Waals surface area contributed by atoms with Gasteiger partial charge in [-0.3, -0.25) is 19.6 Å². The molecule has 3 heterocycles. The summed E-state index contributed by atoms with van der Waals surface area (Å²) in [6.45, 7) is 6.62. The Kier molecular flexibility index (Phi) is 5.82. The zero-order chi connectivity index (χ0) is 18.5. The predicted molar refractivity (Wildman–Crippen MR) is 98.1 cm³/mol. The molecule has 8 nitrogen and oxygen atoms in total. The molecule has 2 N–H and O–H groups in total. The summed E-state index contributed by atoms with van der Waals surface area (Å²) in [6.07, 6.45) is 3.33. The minimum absolute atomic E-state index is 0.0774. The molecule has 2 aromatic rings. The zero-order valence-electron chi connectivity index (χ0n) is 15.4. The second-order valence-electron chi connectivity index (χ2n) is 6.87. The summed E-state index contributed by atoms with van der Waals surface area (Å²) in [7, 11) is 0. The lowest BCUT2D eigenvalue weighted by Crippen LogP contribution is -2.48. The van der Waals surface area contributed by atoms with E-state index in [9.17, 15) is 9.59 Å². The van der Waals surface area contributed by atoms with Crippen molar-refractivity contribution >= 4 is 5.91 Å². The van der Waals surface area contributed by atoms with E-state index in [1.807, 2.05) is 13.8 Å². The third-order valence-electron chi connectivity index (χ3n) is 4.78. The minimum atomic E-state index is -0.156. The maximum absolute atomic E-state index is 12.2. The fraction of sp³-hybridized carbons (Fsp3) is 0.556. The van der Waals surface area contributed by atoms with Crippen LogP contribution in [0.5, 0.6) is 0 Å². The van der Waals surface area contributed by atoms with Crippen LogP contribution in [0.15, 0.2) is 23.0 Å². The number of aryl methyl sites for hydroxylation is 2. The van der Waals surface area contributed by atoms with Crippen LogP contribution in [-0.4, -0.2) is 56.5 Å². The van der Waals surface area contributed by atoms with Gasteiger partial charge < -0.3 is 5.32 Å². The van der Waals surface area contributed by atoms with Gasteiger partial charge in [-0.2, -0.15) is 10.2 Å². The Balaban J connectivity index is 1.56. The first-order chi connectivity index (χ1) is 12.5. The summed E-state index contributed by atoms with van der Waals surface area (Å²) in [6, 6.07) is 5.30. The maximum Gasteiger partial charge on any atom is 0.271 e. The van der Waals surface area contributed by atoms with Gasteiger partial charge in [0.1, 0.15) is 5.69 Å². The van der Waals surface area contributed by atoms with Crippen molar-refractivity contribution in [3.63, 3.8) is 0 Å². The number of carbonyl (C=O) groups is 1. The van der Waals surface area contributed by atoms with Crippen LogP contribution in [0.25, 0.3) is 0 Å². The summed E-state index contributed by atoms with van der Waals surface area (Å²) in [5.41, 5.74) is 2.04. The number of hydrogen-bond acceptors (Lipinski definition) is 5. The third kappa shape index (κ3) is 4.57. The largest absolute Gasteiger partial charge is 0.349 e. The van der Waals surface area contributed by atoms with Gasteiger partial charge in [-0.25, -0.2) is 4.68 Å². The van der Waals surface area contributed by atoms with Crippen molar-refractivity contribution in [1.29, 1.82) is 0 Å². The molecular formula is C18H26N6O2. The minimum Gasteiger partial charge on any atom is -0.349 e. The summed E-state index contributed by atoms with van der Waals surface area (Å²) in [5, 5.41) is 14.1. The molecule has 1 atom stereocenters. The van der Waals surface area contributed by atoms with Gasteiger partial charge in [0.05, 0.1) is 12.2 Å². The molecule has 0 aromatic carbocycles. The van der Waals surface area contributed by atoms with Gasteiger partial charge >= 0.3 is 0 Å². The smallest absolute Gasteiger partial charge is 0.271 e. The Morgan fingerprint density at radius 2 is 2.15 bits per heavy atom. The van der Waals surface area contributed by atoms with Gasteiger partial charge in [-0.15, -0.1) is 0 Å². The monoisotopic (exact) mass is 358 g/mol. The van der Waals surface area contributed by atoms with Crippen molar-refractivity contribution in [3.05, 3.63) is 45.6 Å². The van der Waals surface area contributed by atoms with E-state index in [4.69, 9.17) is 0 Å². The van der Waals surface area contributed by atoms with E-state index in [1.165, 1.54) is 4.68 Å². The fourth-order valence-corrected chi connectivity index (χ4v) is 3.36. The molecule has 2 aromatic heterocycles. The molecule has 26 heavy (non-hydrogen) atoms. The van der Waals surface area contributed by atoms with E-state index in [-0.39, 0.29) is 17.5 Å². The Morgan fingerprint density at radius 1 is 1.31 bits per heavy atom. The first kappa shape index (κ1) is 18.3. The first-order valence-electron chi connectivity index (χ1n) is 9.12. The van der Waals surface area contributed by atoms with Crippen molar-refractivity contribution in [2.45, 2.75) is 45.7 Å². The number of likely N-dealkylation sites (tertiary alicyclic amines) is 1. The number of carbonyl (C=O) groups excluding carboxylic acids is 1. The van der Waals surface area contributed by atoms with Crippen LogP contribution >= 0.6 is 0 Å². The lowest BCUT2D eigenvalue weighted by atomic mass is 10.0. The Labute approximate surface area is 152 Å². The van der Waals surface area contributed by atoms with E-state index >= 15 is 0 Å². The second-order valence-corrected chi connectivity index (χ2v) is 6.87. The highest BCUT2D eigenvalue weighted by molar-refractivity contribution is 5.92. The molecule has 1 aliphatic heterocycles. The maximum atomic E-state index is 12.2. The van der Waals surface area contributed by atoms with Crippen molar-refractivity contribution in [2.75, 3.05) is 19.6 Å². The number of rotatable bonds is 6. The molecule has 0 aliphatic carbocycles. The Bertz CT molecular complexity index is 812. The molecule has 1 saturated heterocycles. The Morgan fingerprint density at radius 3 is 2.92 bits per heavy atom. The van der Waals surface area contributed by atoms with E-state index in [1.54, 1.807) is 18.2 Å². The third-order valence-corrected chi connectivity index (χ3v) is 4.78. The average Bonchev–Trinajstić information content (AvgIpc) is 3.07. The molecule has 1 fully saturated rings. The highest BCUT2D eigenvalue weighted by atomic mass is 16.2. The van der Waals surface area contributed by atoms with Gasteiger partial charge in [-0.1, -0.05) is 6.42 Å². The number of hydrogen-bond donors (Lipinski definition) is 2. The van der Waals surface area contributed by atoms with Gasteiger partial charge in [-0.05, 0) is 45.4 Å². The SMILES string of the molecule is Cc1ccc(=O)n(CCN2CCCCC2CNC(=O)c2cc(C)[nH]n2)n1. The summed E-state index contributed by atoms with van der Waals surface area (Å²) >= 11 is 0. The second kappa shape index (κ2) is 8.27. The van der Waals surface area contributed by atoms with Crippen LogP contribution in [0.2, 0.25) is 0 Å². The lowest BCUT2D eigenvalue weighted by Gasteiger charge is -2.35. The normalized spacial score (nSPS) is 18.0. The first-order valence-corrected chi connectivity index (χ1v) is 9.12. The van der Waals surface area contributed by atoms with Gasteiger partial charge in [0.25, 0.3) is 11.5 Å². The summed E-state index contributed by atoms with van der Waals surface area (Å²) in [4.78, 5) is 26.5. The van der Waals surface area contributed by atoms with Crippen LogP contribution in [0.3, 0.4) is 0 Å². The van der Waals surface area contributed by atoms with Crippen molar-refractivity contribution in [3.8, 4) is 0 Å². The van der Waals surface area contributed by atoms with E-state index in [2.05, 4.69) is 25.5 Å². The molecule has 0 radical (unpaired) electrons. The molecule has 1 unspecified atom stereocenters. The predicted octanol–water partition coefficient (Wildman–Crippen LogP) is 0.868. The highest BCUT2D eigenvalue weighted by Crippen LogP contribution is 2.16. The molecule has 140 valence electrons. The molecule has 0 spiro atoms. The van der Waals surface area contributed by atoms with E-state index < -0.39 is 0 Å². The number of aromatic amines is 1. The number of nitrogens with zero attached hydrogens (tertiary/aromatic N) is 4. The van der Waals surface area contributed by atoms with Gasteiger partial charge in [0, 0.05) is 30.9 Å². The Hall–Kier alpha value is -2.48. The van der Waals surface area contributed by atoms with Crippen molar-refractivity contribution < 1.29 is 4.79 Å². The van der Waals surface area contributed by atoms with Crippen LogP contribution in [-0.2, 0) is 6.54 Å². The standard InChI is InChI=1S/C18H26N6O2/c1-13-6-7-17(25)24(22-13)10-9-23-8-4-3-5-15(23)12-19-18(26)16-11-14(2)20-21-16/h6-7,11,15H,3-5,8-10,12H2,1-2H3,(H,19,26)(H,20,21). The van der Waals surface area contributed by atoms with Crippen LogP contribution < -0.4 is 10.9 Å². The summed E-state index contributed by atoms with van der Waals surface area (Å²) < 4.78 is 1.52. The van der Waals surface area contributed by atoms with Crippen LogP contribution in [0, 0.1) is 13.8 Å². The van der Waals surface area contributed by atoms with Crippen LogP contribution in [0.4, 0.5) is 0 Å². The van der Waals surface area contributed by atoms with Gasteiger partial charge in [0.15, 0.2) is 0 Å². The molecule has 0 bridgehead atoms. The number of aromatic nitrogens is 4. The molecule has 0 saturated carbocycles. The molecule has 3 rings (SSSR count). The summed E-state index contributed by atoms with van der Waals surface area (Å²) in [5.74, 6) is -0.156. The topological polar surface area (TPSA) is 95.9 Å².